The molecule has 6 heteroatoms. The van der Waals surface area contributed by atoms with Crippen LogP contribution in [0.15, 0.2) is 0 Å². The molecule has 6 nitrogen and oxygen atoms in total. The fourth-order valence-electron chi connectivity index (χ4n) is 4.61. The van der Waals surface area contributed by atoms with Gasteiger partial charge in [0.2, 0.25) is 11.8 Å². The molecule has 24 heavy (non-hydrogen) atoms. The molecule has 0 saturated carbocycles. The number of fused-ring (bicyclic) bond motifs is 1. The van der Waals surface area contributed by atoms with Gasteiger partial charge >= 0.3 is 0 Å². The number of nitrogens with one attached hydrogen (secondary N) is 1. The number of nitrogens with zero attached hydrogens (tertiary/aromatic N) is 3. The van der Waals surface area contributed by atoms with E-state index in [1.54, 1.807) is 0 Å². The van der Waals surface area contributed by atoms with E-state index in [0.717, 1.165) is 19.4 Å². The van der Waals surface area contributed by atoms with Crippen molar-refractivity contribution in [1.82, 2.24) is 20.5 Å². The molecule has 3 rings (SSSR count). The van der Waals surface area contributed by atoms with E-state index in [0.29, 0.717) is 31.3 Å². The van der Waals surface area contributed by atoms with Gasteiger partial charge in [0, 0.05) is 37.9 Å². The summed E-state index contributed by atoms with van der Waals surface area (Å²) in [5.74, 6) is 0.738. The van der Waals surface area contributed by atoms with Gasteiger partial charge in [-0.15, -0.1) is 0 Å². The SMILES string of the molecule is CCCCC[C@H]1[C@H](CCCC)[C@@H](N2CCC(=O)N2)N2C(=O)CCN12. The van der Waals surface area contributed by atoms with E-state index in [1.807, 2.05) is 10.0 Å². The number of carbonyl (C=O) groups is 2. The molecule has 0 aromatic heterocycles. The largest absolute Gasteiger partial charge is 0.287 e. The van der Waals surface area contributed by atoms with Gasteiger partial charge in [-0.1, -0.05) is 46.0 Å². The second kappa shape index (κ2) is 7.83. The van der Waals surface area contributed by atoms with Gasteiger partial charge in [0.1, 0.15) is 6.17 Å². The Balaban J connectivity index is 1.81. The smallest absolute Gasteiger partial charge is 0.239 e. The van der Waals surface area contributed by atoms with E-state index in [9.17, 15) is 9.59 Å². The first-order valence-electron chi connectivity index (χ1n) is 9.82. The predicted molar refractivity (Wildman–Crippen MR) is 92.4 cm³/mol. The molecule has 0 aliphatic carbocycles. The fourth-order valence-corrected chi connectivity index (χ4v) is 4.61. The number of amides is 2. The summed E-state index contributed by atoms with van der Waals surface area (Å²) in [5, 5.41) is 6.36. The second-order valence-corrected chi connectivity index (χ2v) is 7.41. The molecule has 3 saturated heterocycles. The summed E-state index contributed by atoms with van der Waals surface area (Å²) in [7, 11) is 0. The Morgan fingerprint density at radius 2 is 1.79 bits per heavy atom. The van der Waals surface area contributed by atoms with Crippen LogP contribution in [0.2, 0.25) is 0 Å². The molecule has 1 N–H and O–H groups in total. The quantitative estimate of drug-likeness (QED) is 0.691. The number of hydrazine groups is 2. The fraction of sp³-hybridized carbons (Fsp3) is 0.889. The monoisotopic (exact) mass is 336 g/mol. The Hall–Kier alpha value is -1.14. The van der Waals surface area contributed by atoms with Gasteiger partial charge in [0.25, 0.3) is 0 Å². The van der Waals surface area contributed by atoms with Crippen LogP contribution in [0, 0.1) is 5.92 Å². The highest BCUT2D eigenvalue weighted by Crippen LogP contribution is 2.41. The summed E-state index contributed by atoms with van der Waals surface area (Å²) in [6.07, 6.45) is 9.52. The van der Waals surface area contributed by atoms with E-state index in [4.69, 9.17) is 0 Å². The van der Waals surface area contributed by atoms with Crippen LogP contribution in [-0.4, -0.2) is 52.1 Å². The third kappa shape index (κ3) is 3.31. The van der Waals surface area contributed by atoms with Crippen molar-refractivity contribution >= 4 is 11.8 Å². The van der Waals surface area contributed by atoms with Crippen LogP contribution in [0.3, 0.4) is 0 Å². The molecule has 0 radical (unpaired) electrons. The summed E-state index contributed by atoms with van der Waals surface area (Å²) in [5.41, 5.74) is 3.00. The highest BCUT2D eigenvalue weighted by Gasteiger charge is 2.54. The van der Waals surface area contributed by atoms with Gasteiger partial charge in [-0.3, -0.25) is 20.0 Å². The maximum absolute atomic E-state index is 12.5. The predicted octanol–water partition coefficient (Wildman–Crippen LogP) is 2.27. The zero-order chi connectivity index (χ0) is 17.1. The van der Waals surface area contributed by atoms with E-state index < -0.39 is 0 Å². The van der Waals surface area contributed by atoms with Gasteiger partial charge in [-0.25, -0.2) is 5.01 Å². The van der Waals surface area contributed by atoms with Crippen LogP contribution in [0.5, 0.6) is 0 Å². The number of hydrogen-bond donors (Lipinski definition) is 1. The molecule has 0 bridgehead atoms. The van der Waals surface area contributed by atoms with Crippen molar-refractivity contribution in [2.75, 3.05) is 13.1 Å². The van der Waals surface area contributed by atoms with Crippen LogP contribution in [-0.2, 0) is 9.59 Å². The molecule has 0 aromatic carbocycles. The van der Waals surface area contributed by atoms with E-state index in [-0.39, 0.29) is 18.0 Å². The third-order valence-corrected chi connectivity index (χ3v) is 5.76. The first kappa shape index (κ1) is 17.7. The lowest BCUT2D eigenvalue weighted by Gasteiger charge is -2.33. The van der Waals surface area contributed by atoms with Crippen molar-refractivity contribution in [1.29, 1.82) is 0 Å². The zero-order valence-electron chi connectivity index (χ0n) is 15.2. The van der Waals surface area contributed by atoms with E-state index in [2.05, 4.69) is 24.3 Å². The molecule has 0 spiro atoms. The van der Waals surface area contributed by atoms with E-state index in [1.165, 1.54) is 32.1 Å². The lowest BCUT2D eigenvalue weighted by molar-refractivity contribution is -0.147. The maximum atomic E-state index is 12.5. The Morgan fingerprint density at radius 1 is 1.00 bits per heavy atom. The Morgan fingerprint density at radius 3 is 2.46 bits per heavy atom. The highest BCUT2D eigenvalue weighted by atomic mass is 16.2. The first-order chi connectivity index (χ1) is 11.7. The average molecular weight is 336 g/mol. The minimum Gasteiger partial charge on any atom is -0.287 e. The molecule has 3 aliphatic rings. The number of rotatable bonds is 8. The summed E-state index contributed by atoms with van der Waals surface area (Å²) >= 11 is 0. The zero-order valence-corrected chi connectivity index (χ0v) is 15.2. The molecule has 3 aliphatic heterocycles. The Labute approximate surface area is 145 Å². The van der Waals surface area contributed by atoms with Crippen LogP contribution in [0.4, 0.5) is 0 Å². The van der Waals surface area contributed by atoms with Gasteiger partial charge < -0.3 is 0 Å². The lowest BCUT2D eigenvalue weighted by atomic mass is 9.88. The third-order valence-electron chi connectivity index (χ3n) is 5.76. The van der Waals surface area contributed by atoms with Crippen molar-refractivity contribution in [3.05, 3.63) is 0 Å². The lowest BCUT2D eigenvalue weighted by Crippen LogP contribution is -2.53. The van der Waals surface area contributed by atoms with Crippen molar-refractivity contribution < 1.29 is 9.59 Å². The topological polar surface area (TPSA) is 55.9 Å². The van der Waals surface area contributed by atoms with Gasteiger partial charge in [0.05, 0.1) is 0 Å². The molecule has 0 aromatic rings. The molecule has 2 amide bonds. The number of hydrogen-bond acceptors (Lipinski definition) is 4. The van der Waals surface area contributed by atoms with Gasteiger partial charge in [0.15, 0.2) is 0 Å². The molecule has 3 atom stereocenters. The molecule has 3 heterocycles. The summed E-state index contributed by atoms with van der Waals surface area (Å²) in [6.45, 7) is 6.01. The Bertz CT molecular complexity index is 470. The van der Waals surface area contributed by atoms with Crippen molar-refractivity contribution in [3.8, 4) is 0 Å². The van der Waals surface area contributed by atoms with Crippen LogP contribution < -0.4 is 5.43 Å². The van der Waals surface area contributed by atoms with Crippen LogP contribution in [0.25, 0.3) is 0 Å². The molecule has 0 unspecified atom stereocenters. The van der Waals surface area contributed by atoms with Crippen LogP contribution in [0.1, 0.15) is 71.6 Å². The van der Waals surface area contributed by atoms with Crippen molar-refractivity contribution in [2.45, 2.75) is 83.8 Å². The molecular weight excluding hydrogens is 304 g/mol. The Kier molecular flexibility index (Phi) is 5.76. The summed E-state index contributed by atoms with van der Waals surface area (Å²) in [6, 6.07) is 0.442. The second-order valence-electron chi connectivity index (χ2n) is 7.41. The van der Waals surface area contributed by atoms with Crippen LogP contribution >= 0.6 is 0 Å². The molecule has 3 fully saturated rings. The minimum absolute atomic E-state index is 0.0182. The summed E-state index contributed by atoms with van der Waals surface area (Å²) < 4.78 is 0. The number of carbonyl (C=O) groups excluding carboxylic acids is 2. The normalized spacial score (nSPS) is 31.1. The van der Waals surface area contributed by atoms with E-state index >= 15 is 0 Å². The van der Waals surface area contributed by atoms with Gasteiger partial charge in [-0.2, -0.15) is 5.01 Å². The van der Waals surface area contributed by atoms with Gasteiger partial charge in [-0.05, 0) is 12.8 Å². The highest BCUT2D eigenvalue weighted by molar-refractivity contribution is 5.79. The maximum Gasteiger partial charge on any atom is 0.239 e. The average Bonchev–Trinajstić information content (AvgIpc) is 3.23. The first-order valence-corrected chi connectivity index (χ1v) is 9.82. The molecular formula is C18H32N4O2. The summed E-state index contributed by atoms with van der Waals surface area (Å²) in [4.78, 5) is 24.3. The standard InChI is InChI=1S/C18H32N4O2/c1-3-5-7-9-15-14(8-6-4-2)18(20-12-10-16(23)19-20)22-17(24)11-13-21(15)22/h14-15,18H,3-13H2,1-2H3,(H,19,23)/t14-,15-,18-/m0/s1. The minimum atomic E-state index is 0.0182. The van der Waals surface area contributed by atoms with Crippen molar-refractivity contribution in [2.24, 2.45) is 5.92 Å². The molecule has 136 valence electrons. The number of unbranched alkanes of at least 4 members (excludes halogenated alkanes) is 3. The van der Waals surface area contributed by atoms with Crippen molar-refractivity contribution in [3.63, 3.8) is 0 Å².